The van der Waals surface area contributed by atoms with E-state index in [-0.39, 0.29) is 24.8 Å². The molecule has 0 aliphatic carbocycles. The first-order valence-electron chi connectivity index (χ1n) is 9.51. The summed E-state index contributed by atoms with van der Waals surface area (Å²) in [6.07, 6.45) is 6.44. The molecule has 2 aliphatic heterocycles. The Kier molecular flexibility index (Phi) is 7.99. The fourth-order valence-corrected chi connectivity index (χ4v) is 3.75. The van der Waals surface area contributed by atoms with Gasteiger partial charge < -0.3 is 15.1 Å². The van der Waals surface area contributed by atoms with Crippen molar-refractivity contribution >= 4 is 48.0 Å². The van der Waals surface area contributed by atoms with Crippen molar-refractivity contribution < 1.29 is 0 Å². The molecule has 148 valence electrons. The van der Waals surface area contributed by atoms with E-state index in [1.807, 2.05) is 6.92 Å². The average Bonchev–Trinajstić information content (AvgIpc) is 3.17. The zero-order chi connectivity index (χ0) is 17.1. The summed E-state index contributed by atoms with van der Waals surface area (Å²) in [5, 5.41) is 3.37. The minimum absolute atomic E-state index is 0. The van der Waals surface area contributed by atoms with Crippen LogP contribution in [0.1, 0.15) is 37.8 Å². The lowest BCUT2D eigenvalue weighted by atomic mass is 10.1. The van der Waals surface area contributed by atoms with Gasteiger partial charge in [0.2, 0.25) is 5.95 Å². The van der Waals surface area contributed by atoms with Gasteiger partial charge in [-0.05, 0) is 63.3 Å². The molecule has 2 fully saturated rings. The van der Waals surface area contributed by atoms with Gasteiger partial charge in [0, 0.05) is 49.3 Å². The molecule has 0 amide bonds. The Morgan fingerprint density at radius 2 is 1.37 bits per heavy atom. The van der Waals surface area contributed by atoms with E-state index < -0.39 is 0 Å². The first-order chi connectivity index (χ1) is 12.3. The van der Waals surface area contributed by atoms with Crippen LogP contribution in [0.25, 0.3) is 0 Å². The van der Waals surface area contributed by atoms with Crippen molar-refractivity contribution in [3.8, 4) is 0 Å². The molecular weight excluding hydrogens is 381 g/mol. The predicted octanol–water partition coefficient (Wildman–Crippen LogP) is 4.96. The Bertz CT molecular complexity index is 711. The highest BCUT2D eigenvalue weighted by Crippen LogP contribution is 2.24. The molecule has 2 aromatic rings. The third-order valence-electron chi connectivity index (χ3n) is 5.12. The topological polar surface area (TPSA) is 44.3 Å². The number of aromatic nitrogens is 2. The van der Waals surface area contributed by atoms with E-state index in [0.29, 0.717) is 5.95 Å². The van der Waals surface area contributed by atoms with Crippen molar-refractivity contribution in [3.63, 3.8) is 0 Å². The molecule has 0 spiro atoms. The second-order valence-electron chi connectivity index (χ2n) is 7.10. The van der Waals surface area contributed by atoms with Crippen molar-refractivity contribution in [2.75, 3.05) is 41.3 Å². The highest BCUT2D eigenvalue weighted by molar-refractivity contribution is 5.85. The molecule has 0 radical (unpaired) electrons. The summed E-state index contributed by atoms with van der Waals surface area (Å²) < 4.78 is 0. The Morgan fingerprint density at radius 3 is 2.04 bits per heavy atom. The van der Waals surface area contributed by atoms with Gasteiger partial charge in [-0.2, -0.15) is 4.98 Å². The highest BCUT2D eigenvalue weighted by Gasteiger charge is 2.14. The molecule has 2 aliphatic rings. The summed E-state index contributed by atoms with van der Waals surface area (Å²) >= 11 is 0. The monoisotopic (exact) mass is 409 g/mol. The quantitative estimate of drug-likeness (QED) is 0.772. The van der Waals surface area contributed by atoms with Crippen LogP contribution in [-0.2, 0) is 0 Å². The predicted molar refractivity (Wildman–Crippen MR) is 119 cm³/mol. The first-order valence-corrected chi connectivity index (χ1v) is 9.51. The number of nitrogens with zero attached hydrogens (tertiary/aromatic N) is 4. The number of benzene rings is 1. The van der Waals surface area contributed by atoms with E-state index in [1.165, 1.54) is 50.9 Å². The summed E-state index contributed by atoms with van der Waals surface area (Å²) in [7, 11) is 0. The number of nitrogens with one attached hydrogen (secondary N) is 1. The number of anilines is 4. The minimum Gasteiger partial charge on any atom is -0.372 e. The van der Waals surface area contributed by atoms with Gasteiger partial charge in [-0.3, -0.25) is 0 Å². The van der Waals surface area contributed by atoms with Crippen LogP contribution in [-0.4, -0.2) is 36.1 Å². The molecule has 0 unspecified atom stereocenters. The maximum Gasteiger partial charge on any atom is 0.229 e. The lowest BCUT2D eigenvalue weighted by Crippen LogP contribution is -2.30. The standard InChI is InChI=1S/C20H27N5.2ClH/c1-16-15-19(25-13-3-2-4-14-25)23-20(21-16)22-17-7-9-18(10-8-17)24-11-5-6-12-24;;/h7-10,15H,2-6,11-14H2,1H3,(H,21,22,23);2*1H. The number of halogens is 2. The molecule has 5 nitrogen and oxygen atoms in total. The molecule has 0 atom stereocenters. The Labute approximate surface area is 174 Å². The SMILES string of the molecule is Cc1cc(N2CCCCC2)nc(Nc2ccc(N3CCCC3)cc2)n1.Cl.Cl. The summed E-state index contributed by atoms with van der Waals surface area (Å²) in [6.45, 7) is 6.58. The van der Waals surface area contributed by atoms with Crippen LogP contribution >= 0.6 is 24.8 Å². The molecule has 27 heavy (non-hydrogen) atoms. The second-order valence-corrected chi connectivity index (χ2v) is 7.10. The fourth-order valence-electron chi connectivity index (χ4n) is 3.75. The molecule has 0 bridgehead atoms. The number of rotatable bonds is 4. The van der Waals surface area contributed by atoms with Crippen molar-refractivity contribution in [3.05, 3.63) is 36.0 Å². The van der Waals surface area contributed by atoms with E-state index in [0.717, 1.165) is 30.3 Å². The maximum absolute atomic E-state index is 4.75. The van der Waals surface area contributed by atoms with Gasteiger partial charge >= 0.3 is 0 Å². The Balaban J connectivity index is 0.00000131. The molecule has 4 rings (SSSR count). The third kappa shape index (κ3) is 5.39. The lowest BCUT2D eigenvalue weighted by molar-refractivity contribution is 0.573. The van der Waals surface area contributed by atoms with Gasteiger partial charge in [0.25, 0.3) is 0 Å². The van der Waals surface area contributed by atoms with Gasteiger partial charge in [-0.1, -0.05) is 0 Å². The van der Waals surface area contributed by atoms with Crippen molar-refractivity contribution in [2.45, 2.75) is 39.0 Å². The maximum atomic E-state index is 4.75. The summed E-state index contributed by atoms with van der Waals surface area (Å²) in [5.41, 5.74) is 3.35. The number of piperidine rings is 1. The Morgan fingerprint density at radius 1 is 0.778 bits per heavy atom. The van der Waals surface area contributed by atoms with Gasteiger partial charge in [0.15, 0.2) is 0 Å². The zero-order valence-corrected chi connectivity index (χ0v) is 17.5. The van der Waals surface area contributed by atoms with E-state index >= 15 is 0 Å². The molecule has 2 saturated heterocycles. The van der Waals surface area contributed by atoms with Crippen LogP contribution < -0.4 is 15.1 Å². The summed E-state index contributed by atoms with van der Waals surface area (Å²) in [6, 6.07) is 10.7. The molecule has 1 aromatic carbocycles. The molecule has 1 aromatic heterocycles. The minimum atomic E-state index is 0. The van der Waals surface area contributed by atoms with E-state index in [2.05, 4.69) is 50.4 Å². The van der Waals surface area contributed by atoms with Crippen molar-refractivity contribution in [2.24, 2.45) is 0 Å². The number of hydrogen-bond acceptors (Lipinski definition) is 5. The van der Waals surface area contributed by atoms with Crippen LogP contribution in [0.2, 0.25) is 0 Å². The first kappa shape index (κ1) is 21.6. The van der Waals surface area contributed by atoms with Crippen molar-refractivity contribution in [1.82, 2.24) is 9.97 Å². The summed E-state index contributed by atoms with van der Waals surface area (Å²) in [4.78, 5) is 14.1. The van der Waals surface area contributed by atoms with Crippen LogP contribution in [0.4, 0.5) is 23.1 Å². The highest BCUT2D eigenvalue weighted by atomic mass is 35.5. The average molecular weight is 410 g/mol. The molecule has 7 heteroatoms. The molecule has 3 heterocycles. The van der Waals surface area contributed by atoms with E-state index in [1.54, 1.807) is 0 Å². The van der Waals surface area contributed by atoms with Crippen molar-refractivity contribution in [1.29, 1.82) is 0 Å². The van der Waals surface area contributed by atoms with Crippen LogP contribution in [0.15, 0.2) is 30.3 Å². The second kappa shape index (κ2) is 10.00. The van der Waals surface area contributed by atoms with Gasteiger partial charge in [0.1, 0.15) is 5.82 Å². The van der Waals surface area contributed by atoms with E-state index in [4.69, 9.17) is 4.98 Å². The Hall–Kier alpha value is -1.72. The lowest BCUT2D eigenvalue weighted by Gasteiger charge is -2.28. The van der Waals surface area contributed by atoms with Crippen LogP contribution in [0.3, 0.4) is 0 Å². The number of hydrogen-bond donors (Lipinski definition) is 1. The largest absolute Gasteiger partial charge is 0.372 e. The van der Waals surface area contributed by atoms with Gasteiger partial charge in [0.05, 0.1) is 0 Å². The smallest absolute Gasteiger partial charge is 0.229 e. The van der Waals surface area contributed by atoms with Crippen LogP contribution in [0, 0.1) is 6.92 Å². The molecule has 0 saturated carbocycles. The van der Waals surface area contributed by atoms with Crippen LogP contribution in [0.5, 0.6) is 0 Å². The van der Waals surface area contributed by atoms with E-state index in [9.17, 15) is 0 Å². The molecule has 1 N–H and O–H groups in total. The van der Waals surface area contributed by atoms with Gasteiger partial charge in [-0.15, -0.1) is 24.8 Å². The normalized spacial score (nSPS) is 16.5. The number of aryl methyl sites for hydroxylation is 1. The third-order valence-corrected chi connectivity index (χ3v) is 5.12. The molecular formula is C20H29Cl2N5. The fraction of sp³-hybridized carbons (Fsp3) is 0.500. The zero-order valence-electron chi connectivity index (χ0n) is 15.9. The summed E-state index contributed by atoms with van der Waals surface area (Å²) in [5.74, 6) is 1.73. The van der Waals surface area contributed by atoms with Gasteiger partial charge in [-0.25, -0.2) is 4.98 Å².